The molecule has 0 radical (unpaired) electrons. The summed E-state index contributed by atoms with van der Waals surface area (Å²) in [5.74, 6) is 0.468. The molecule has 7 nitrogen and oxygen atoms in total. The molecule has 1 atom stereocenters. The van der Waals surface area contributed by atoms with Crippen molar-refractivity contribution in [1.29, 1.82) is 0 Å². The lowest BCUT2D eigenvalue weighted by atomic mass is 10.3. The van der Waals surface area contributed by atoms with Crippen LogP contribution in [0, 0.1) is 0 Å². The molecule has 1 aromatic rings. The molecule has 118 valence electrons. The third-order valence-corrected chi connectivity index (χ3v) is 5.21. The first-order valence-corrected chi connectivity index (χ1v) is 9.29. The second kappa shape index (κ2) is 7.19. The molecule has 0 saturated carbocycles. The van der Waals surface area contributed by atoms with Crippen molar-refractivity contribution in [2.24, 2.45) is 0 Å². The minimum Gasteiger partial charge on any atom is -0.382 e. The number of amides is 1. The van der Waals surface area contributed by atoms with Gasteiger partial charge in [-0.2, -0.15) is 0 Å². The van der Waals surface area contributed by atoms with Crippen molar-refractivity contribution in [3.63, 3.8) is 0 Å². The van der Waals surface area contributed by atoms with E-state index in [0.717, 1.165) is 31.3 Å². The molecular formula is C12H21N5O2S2. The summed E-state index contributed by atoms with van der Waals surface area (Å²) in [5.41, 5.74) is 5.85. The summed E-state index contributed by atoms with van der Waals surface area (Å²) in [5, 5.41) is 3.52. The summed E-state index contributed by atoms with van der Waals surface area (Å²) in [4.78, 5) is 21.2. The number of likely N-dealkylation sites (N-methyl/N-ethyl adjacent to an activating group) is 1. The van der Waals surface area contributed by atoms with E-state index in [-0.39, 0.29) is 11.7 Å². The maximum Gasteiger partial charge on any atom is 0.265 e. The zero-order chi connectivity index (χ0) is 15.4. The molecule has 1 saturated heterocycles. The van der Waals surface area contributed by atoms with Gasteiger partial charge in [-0.05, 0) is 7.05 Å². The second-order valence-corrected chi connectivity index (χ2v) is 7.57. The highest BCUT2D eigenvalue weighted by molar-refractivity contribution is 7.84. The predicted molar refractivity (Wildman–Crippen MR) is 87.5 cm³/mol. The van der Waals surface area contributed by atoms with Gasteiger partial charge in [0.1, 0.15) is 10.7 Å². The van der Waals surface area contributed by atoms with Gasteiger partial charge in [-0.25, -0.2) is 4.98 Å². The van der Waals surface area contributed by atoms with Crippen LogP contribution in [-0.4, -0.2) is 71.8 Å². The van der Waals surface area contributed by atoms with Crippen LogP contribution in [-0.2, 0) is 10.8 Å². The number of nitrogens with zero attached hydrogens (tertiary/aromatic N) is 3. The van der Waals surface area contributed by atoms with E-state index >= 15 is 0 Å². The number of anilines is 2. The fourth-order valence-electron chi connectivity index (χ4n) is 2.00. The number of nitrogens with two attached hydrogens (primary N) is 1. The summed E-state index contributed by atoms with van der Waals surface area (Å²) in [6.07, 6.45) is 1.61. The number of hydrogen-bond acceptors (Lipinski definition) is 7. The second-order valence-electron chi connectivity index (χ2n) is 5.03. The summed E-state index contributed by atoms with van der Waals surface area (Å²) in [6, 6.07) is 0. The Morgan fingerprint density at radius 1 is 1.43 bits per heavy atom. The number of hydrogen-bond donors (Lipinski definition) is 2. The molecule has 1 unspecified atom stereocenters. The number of carbonyl (C=O) groups is 1. The minimum absolute atomic E-state index is 0.240. The predicted octanol–water partition coefficient (Wildman–Crippen LogP) is -0.415. The van der Waals surface area contributed by atoms with Gasteiger partial charge in [0.05, 0.1) is 0 Å². The number of aromatic nitrogens is 1. The van der Waals surface area contributed by atoms with Gasteiger partial charge in [-0.3, -0.25) is 9.00 Å². The Labute approximate surface area is 131 Å². The quantitative estimate of drug-likeness (QED) is 0.762. The van der Waals surface area contributed by atoms with Crippen molar-refractivity contribution in [1.82, 2.24) is 15.2 Å². The van der Waals surface area contributed by atoms with E-state index in [4.69, 9.17) is 5.73 Å². The van der Waals surface area contributed by atoms with E-state index in [9.17, 15) is 9.00 Å². The van der Waals surface area contributed by atoms with Crippen LogP contribution in [0.1, 0.15) is 9.67 Å². The number of carbonyl (C=O) groups excluding carboxylic acids is 1. The summed E-state index contributed by atoms with van der Waals surface area (Å²) in [7, 11) is 1.17. The lowest BCUT2D eigenvalue weighted by Gasteiger charge is -2.31. The van der Waals surface area contributed by atoms with Crippen LogP contribution in [0.15, 0.2) is 0 Å². The molecule has 0 bridgehead atoms. The third-order valence-electron chi connectivity index (χ3n) is 3.30. The van der Waals surface area contributed by atoms with Crippen LogP contribution in [0.4, 0.5) is 10.9 Å². The van der Waals surface area contributed by atoms with Crippen molar-refractivity contribution < 1.29 is 9.00 Å². The average molecular weight is 331 g/mol. The number of thiazole rings is 1. The number of nitrogen functional groups attached to an aromatic ring is 1. The van der Waals surface area contributed by atoms with Crippen LogP contribution in [0.5, 0.6) is 0 Å². The minimum atomic E-state index is -0.917. The zero-order valence-corrected chi connectivity index (χ0v) is 13.9. The van der Waals surface area contributed by atoms with E-state index in [1.165, 1.54) is 11.3 Å². The first-order chi connectivity index (χ1) is 9.97. The van der Waals surface area contributed by atoms with E-state index in [0.29, 0.717) is 17.2 Å². The van der Waals surface area contributed by atoms with Crippen molar-refractivity contribution in [2.45, 2.75) is 0 Å². The molecule has 1 aliphatic heterocycles. The molecule has 1 fully saturated rings. The van der Waals surface area contributed by atoms with Gasteiger partial charge >= 0.3 is 0 Å². The molecule has 9 heteroatoms. The zero-order valence-electron chi connectivity index (χ0n) is 12.3. The molecule has 21 heavy (non-hydrogen) atoms. The Bertz CT molecular complexity index is 526. The lowest BCUT2D eigenvalue weighted by Crippen LogP contribution is -2.44. The van der Waals surface area contributed by atoms with E-state index < -0.39 is 10.8 Å². The van der Waals surface area contributed by atoms with Gasteiger partial charge in [0.25, 0.3) is 5.91 Å². The van der Waals surface area contributed by atoms with Crippen LogP contribution >= 0.6 is 11.3 Å². The fraction of sp³-hybridized carbons (Fsp3) is 0.667. The topological polar surface area (TPSA) is 91.6 Å². The highest BCUT2D eigenvalue weighted by Gasteiger charge is 2.21. The van der Waals surface area contributed by atoms with E-state index in [1.54, 1.807) is 6.26 Å². The molecule has 3 N–H and O–H groups in total. The summed E-state index contributed by atoms with van der Waals surface area (Å²) >= 11 is 1.32. The molecule has 1 aromatic heterocycles. The largest absolute Gasteiger partial charge is 0.382 e. The highest BCUT2D eigenvalue weighted by Crippen LogP contribution is 2.28. The van der Waals surface area contributed by atoms with Crippen molar-refractivity contribution >= 4 is 39.0 Å². The molecule has 2 heterocycles. The first kappa shape index (κ1) is 16.2. The molecule has 0 spiro atoms. The lowest BCUT2D eigenvalue weighted by molar-refractivity contribution is 0.0961. The van der Waals surface area contributed by atoms with Gasteiger partial charge in [-0.1, -0.05) is 11.3 Å². The van der Waals surface area contributed by atoms with Gasteiger partial charge < -0.3 is 20.9 Å². The molecule has 0 aliphatic carbocycles. The Kier molecular flexibility index (Phi) is 5.54. The molecule has 0 aromatic carbocycles. The summed E-state index contributed by atoms with van der Waals surface area (Å²) in [6.45, 7) is 4.11. The van der Waals surface area contributed by atoms with E-state index in [2.05, 4.69) is 27.1 Å². The molecule has 2 rings (SSSR count). The van der Waals surface area contributed by atoms with Crippen LogP contribution in [0.3, 0.4) is 0 Å². The normalized spacial score (nSPS) is 17.7. The Hall–Kier alpha value is -1.19. The van der Waals surface area contributed by atoms with Gasteiger partial charge in [0.2, 0.25) is 0 Å². The maximum absolute atomic E-state index is 12.0. The van der Waals surface area contributed by atoms with Gasteiger partial charge in [-0.15, -0.1) is 0 Å². The SMILES string of the molecule is CN1CCN(c2nc(N)c(C(=O)NCCS(C)=O)s2)CC1. The standard InChI is InChI=1S/C12H21N5O2S2/c1-16-4-6-17(7-5-16)12-15-10(13)9(20-12)11(18)14-3-8-21(2)19/h3-8,13H2,1-2H3,(H,14,18). The van der Waals surface area contributed by atoms with Crippen molar-refractivity contribution in [2.75, 3.05) is 62.4 Å². The van der Waals surface area contributed by atoms with E-state index in [1.807, 2.05) is 0 Å². The number of rotatable bonds is 5. The number of nitrogens with one attached hydrogen (secondary N) is 1. The van der Waals surface area contributed by atoms with Crippen LogP contribution in [0.2, 0.25) is 0 Å². The average Bonchev–Trinajstić information content (AvgIpc) is 2.81. The monoisotopic (exact) mass is 331 g/mol. The number of piperazine rings is 1. The molecule has 1 amide bonds. The fourth-order valence-corrected chi connectivity index (χ4v) is 3.35. The van der Waals surface area contributed by atoms with Crippen molar-refractivity contribution in [3.05, 3.63) is 4.88 Å². The smallest absolute Gasteiger partial charge is 0.265 e. The Morgan fingerprint density at radius 3 is 2.71 bits per heavy atom. The van der Waals surface area contributed by atoms with Crippen LogP contribution in [0.25, 0.3) is 0 Å². The summed E-state index contributed by atoms with van der Waals surface area (Å²) < 4.78 is 11.0. The van der Waals surface area contributed by atoms with Crippen LogP contribution < -0.4 is 16.0 Å². The van der Waals surface area contributed by atoms with Gasteiger partial charge in [0.15, 0.2) is 5.13 Å². The maximum atomic E-state index is 12.0. The highest BCUT2D eigenvalue weighted by atomic mass is 32.2. The van der Waals surface area contributed by atoms with Gasteiger partial charge in [0, 0.05) is 55.5 Å². The first-order valence-electron chi connectivity index (χ1n) is 6.75. The third kappa shape index (κ3) is 4.39. The molecule has 1 aliphatic rings. The molecular weight excluding hydrogens is 310 g/mol. The van der Waals surface area contributed by atoms with Crippen molar-refractivity contribution in [3.8, 4) is 0 Å². The Balaban J connectivity index is 1.98. The Morgan fingerprint density at radius 2 is 2.10 bits per heavy atom.